The zero-order chi connectivity index (χ0) is 9.30. The van der Waals surface area contributed by atoms with E-state index < -0.39 is 0 Å². The van der Waals surface area contributed by atoms with E-state index in [9.17, 15) is 0 Å². The standard InChI is InChI=1S/C8H15N3O/c1-5(2)7-6(9)8(12-4)10-11(7)3/h5H,9H2,1-4H3. The molecule has 68 valence electrons. The first-order valence-electron chi connectivity index (χ1n) is 3.94. The van der Waals surface area contributed by atoms with E-state index in [-0.39, 0.29) is 0 Å². The predicted octanol–water partition coefficient (Wildman–Crippen LogP) is 1.13. The van der Waals surface area contributed by atoms with Gasteiger partial charge in [0, 0.05) is 7.05 Å². The van der Waals surface area contributed by atoms with Gasteiger partial charge in [0.25, 0.3) is 5.88 Å². The minimum Gasteiger partial charge on any atom is -0.478 e. The normalized spacial score (nSPS) is 10.8. The van der Waals surface area contributed by atoms with Gasteiger partial charge in [-0.25, -0.2) is 0 Å². The van der Waals surface area contributed by atoms with Crippen molar-refractivity contribution in [1.29, 1.82) is 0 Å². The summed E-state index contributed by atoms with van der Waals surface area (Å²) in [5.74, 6) is 0.882. The molecule has 1 aromatic heterocycles. The fourth-order valence-electron chi connectivity index (χ4n) is 1.36. The maximum atomic E-state index is 5.81. The van der Waals surface area contributed by atoms with Crippen LogP contribution in [0.15, 0.2) is 0 Å². The van der Waals surface area contributed by atoms with Gasteiger partial charge in [-0.1, -0.05) is 13.8 Å². The average Bonchev–Trinajstić information content (AvgIpc) is 2.25. The SMILES string of the molecule is COc1nn(C)c(C(C)C)c1N. The van der Waals surface area contributed by atoms with E-state index in [4.69, 9.17) is 10.5 Å². The number of aryl methyl sites for hydroxylation is 1. The molecule has 0 bridgehead atoms. The number of anilines is 1. The van der Waals surface area contributed by atoms with Crippen LogP contribution < -0.4 is 10.5 Å². The summed E-state index contributed by atoms with van der Waals surface area (Å²) in [7, 11) is 3.44. The van der Waals surface area contributed by atoms with Crippen molar-refractivity contribution in [2.75, 3.05) is 12.8 Å². The van der Waals surface area contributed by atoms with Crippen LogP contribution in [-0.4, -0.2) is 16.9 Å². The van der Waals surface area contributed by atoms with Crippen molar-refractivity contribution < 1.29 is 4.74 Å². The van der Waals surface area contributed by atoms with Crippen LogP contribution in [-0.2, 0) is 7.05 Å². The largest absolute Gasteiger partial charge is 0.478 e. The summed E-state index contributed by atoms with van der Waals surface area (Å²) >= 11 is 0. The first kappa shape index (κ1) is 8.90. The molecule has 0 aliphatic heterocycles. The second kappa shape index (κ2) is 3.05. The van der Waals surface area contributed by atoms with Gasteiger partial charge in [0.05, 0.1) is 12.8 Å². The number of nitrogen functional groups attached to an aromatic ring is 1. The lowest BCUT2D eigenvalue weighted by molar-refractivity contribution is 0.393. The molecule has 0 atom stereocenters. The highest BCUT2D eigenvalue weighted by atomic mass is 16.5. The highest BCUT2D eigenvalue weighted by Gasteiger charge is 2.15. The van der Waals surface area contributed by atoms with E-state index in [1.54, 1.807) is 11.8 Å². The fraction of sp³-hybridized carbons (Fsp3) is 0.625. The van der Waals surface area contributed by atoms with Crippen molar-refractivity contribution in [3.8, 4) is 5.88 Å². The van der Waals surface area contributed by atoms with Crippen molar-refractivity contribution in [3.05, 3.63) is 5.69 Å². The summed E-state index contributed by atoms with van der Waals surface area (Å²) in [5.41, 5.74) is 7.48. The summed E-state index contributed by atoms with van der Waals surface area (Å²) in [6, 6.07) is 0. The minimum absolute atomic E-state index is 0.367. The molecule has 0 radical (unpaired) electrons. The molecule has 0 fully saturated rings. The Kier molecular flexibility index (Phi) is 2.26. The number of rotatable bonds is 2. The molecule has 0 saturated heterocycles. The fourth-order valence-corrected chi connectivity index (χ4v) is 1.36. The highest BCUT2D eigenvalue weighted by Crippen LogP contribution is 2.28. The molecule has 0 unspecified atom stereocenters. The van der Waals surface area contributed by atoms with Gasteiger partial charge in [0.15, 0.2) is 0 Å². The molecule has 1 rings (SSSR count). The van der Waals surface area contributed by atoms with Crippen molar-refractivity contribution in [3.63, 3.8) is 0 Å². The van der Waals surface area contributed by atoms with Gasteiger partial charge in [0.2, 0.25) is 0 Å². The molecular formula is C8H15N3O. The van der Waals surface area contributed by atoms with E-state index in [0.717, 1.165) is 5.69 Å². The zero-order valence-corrected chi connectivity index (χ0v) is 7.96. The lowest BCUT2D eigenvalue weighted by atomic mass is 10.1. The Morgan fingerprint density at radius 1 is 1.50 bits per heavy atom. The molecule has 12 heavy (non-hydrogen) atoms. The number of hydrogen-bond donors (Lipinski definition) is 1. The highest BCUT2D eigenvalue weighted by molar-refractivity contribution is 5.53. The van der Waals surface area contributed by atoms with E-state index in [0.29, 0.717) is 17.5 Å². The lowest BCUT2D eigenvalue weighted by Gasteiger charge is -2.05. The Hall–Kier alpha value is -1.19. The van der Waals surface area contributed by atoms with E-state index in [1.165, 1.54) is 0 Å². The Bertz CT molecular complexity index is 278. The molecule has 2 N–H and O–H groups in total. The van der Waals surface area contributed by atoms with E-state index in [1.807, 2.05) is 7.05 Å². The number of nitrogens with two attached hydrogens (primary N) is 1. The van der Waals surface area contributed by atoms with Crippen LogP contribution in [0, 0.1) is 0 Å². The summed E-state index contributed by atoms with van der Waals surface area (Å²) in [5, 5.41) is 4.12. The number of methoxy groups -OCH3 is 1. The topological polar surface area (TPSA) is 53.1 Å². The van der Waals surface area contributed by atoms with Crippen LogP contribution in [0.4, 0.5) is 5.69 Å². The molecule has 0 amide bonds. The minimum atomic E-state index is 0.367. The van der Waals surface area contributed by atoms with Crippen LogP contribution in [0.3, 0.4) is 0 Å². The van der Waals surface area contributed by atoms with Crippen LogP contribution in [0.1, 0.15) is 25.5 Å². The number of hydrogen-bond acceptors (Lipinski definition) is 3. The van der Waals surface area contributed by atoms with Gasteiger partial charge in [-0.2, -0.15) is 0 Å². The van der Waals surface area contributed by atoms with Gasteiger partial charge in [-0.3, -0.25) is 4.68 Å². The van der Waals surface area contributed by atoms with Crippen LogP contribution in [0.5, 0.6) is 5.88 Å². The maximum Gasteiger partial charge on any atom is 0.256 e. The van der Waals surface area contributed by atoms with Gasteiger partial charge in [0.1, 0.15) is 5.69 Å². The number of aromatic nitrogens is 2. The predicted molar refractivity (Wildman–Crippen MR) is 48.3 cm³/mol. The summed E-state index contributed by atoms with van der Waals surface area (Å²) < 4.78 is 6.76. The second-order valence-electron chi connectivity index (χ2n) is 3.09. The molecule has 4 heteroatoms. The third kappa shape index (κ3) is 1.24. The number of nitrogens with zero attached hydrogens (tertiary/aromatic N) is 2. The Balaban J connectivity index is 3.19. The lowest BCUT2D eigenvalue weighted by Crippen LogP contribution is -2.02. The average molecular weight is 169 g/mol. The molecule has 1 aromatic rings. The van der Waals surface area contributed by atoms with Gasteiger partial charge in [-0.05, 0) is 5.92 Å². The van der Waals surface area contributed by atoms with Gasteiger partial charge >= 0.3 is 0 Å². The third-order valence-corrected chi connectivity index (χ3v) is 1.84. The van der Waals surface area contributed by atoms with Crippen molar-refractivity contribution >= 4 is 5.69 Å². The quantitative estimate of drug-likeness (QED) is 0.722. The van der Waals surface area contributed by atoms with Gasteiger partial charge in [-0.15, -0.1) is 5.10 Å². The maximum absolute atomic E-state index is 5.81. The van der Waals surface area contributed by atoms with Crippen molar-refractivity contribution in [1.82, 2.24) is 9.78 Å². The Morgan fingerprint density at radius 2 is 2.08 bits per heavy atom. The Labute approximate surface area is 72.3 Å². The second-order valence-corrected chi connectivity index (χ2v) is 3.09. The molecular weight excluding hydrogens is 154 g/mol. The molecule has 1 heterocycles. The first-order chi connectivity index (χ1) is 5.57. The smallest absolute Gasteiger partial charge is 0.256 e. The summed E-state index contributed by atoms with van der Waals surface area (Å²) in [6.45, 7) is 4.15. The van der Waals surface area contributed by atoms with E-state index >= 15 is 0 Å². The molecule has 0 saturated carbocycles. The molecule has 0 aliphatic rings. The summed E-state index contributed by atoms with van der Waals surface area (Å²) in [6.07, 6.45) is 0. The monoisotopic (exact) mass is 169 g/mol. The van der Waals surface area contributed by atoms with Gasteiger partial charge < -0.3 is 10.5 Å². The Morgan fingerprint density at radius 3 is 2.33 bits per heavy atom. The van der Waals surface area contributed by atoms with Crippen LogP contribution in [0.25, 0.3) is 0 Å². The molecule has 0 aromatic carbocycles. The van der Waals surface area contributed by atoms with Crippen LogP contribution in [0.2, 0.25) is 0 Å². The first-order valence-corrected chi connectivity index (χ1v) is 3.94. The van der Waals surface area contributed by atoms with Crippen LogP contribution >= 0.6 is 0 Å². The summed E-state index contributed by atoms with van der Waals surface area (Å²) in [4.78, 5) is 0. The molecule has 0 aliphatic carbocycles. The molecule has 0 spiro atoms. The number of ether oxygens (including phenoxy) is 1. The zero-order valence-electron chi connectivity index (χ0n) is 7.96. The van der Waals surface area contributed by atoms with Crippen molar-refractivity contribution in [2.24, 2.45) is 7.05 Å². The van der Waals surface area contributed by atoms with Crippen molar-refractivity contribution in [2.45, 2.75) is 19.8 Å². The van der Waals surface area contributed by atoms with E-state index in [2.05, 4.69) is 18.9 Å². The molecule has 4 nitrogen and oxygen atoms in total. The third-order valence-electron chi connectivity index (χ3n) is 1.84.